The van der Waals surface area contributed by atoms with Gasteiger partial charge in [-0.15, -0.1) is 10.2 Å². The number of anilines is 1. The summed E-state index contributed by atoms with van der Waals surface area (Å²) in [6.07, 6.45) is 0.231. The summed E-state index contributed by atoms with van der Waals surface area (Å²) >= 11 is 0. The van der Waals surface area contributed by atoms with Crippen LogP contribution in [0.5, 0.6) is 5.75 Å². The van der Waals surface area contributed by atoms with Gasteiger partial charge < -0.3 is 9.47 Å². The van der Waals surface area contributed by atoms with Gasteiger partial charge in [-0.2, -0.15) is 4.80 Å². The molecule has 9 heteroatoms. The number of amides is 1. The summed E-state index contributed by atoms with van der Waals surface area (Å²) in [6, 6.07) is 6.94. The normalized spacial score (nSPS) is 19.8. The Labute approximate surface area is 138 Å². The molecule has 0 spiro atoms. The van der Waals surface area contributed by atoms with Gasteiger partial charge in [0, 0.05) is 12.6 Å². The van der Waals surface area contributed by atoms with Crippen LogP contribution in [0, 0.1) is 0 Å². The molecule has 2 aromatic rings. The van der Waals surface area contributed by atoms with Crippen molar-refractivity contribution in [2.45, 2.75) is 25.5 Å². The van der Waals surface area contributed by atoms with Gasteiger partial charge in [0.25, 0.3) is 0 Å². The van der Waals surface area contributed by atoms with Gasteiger partial charge >= 0.3 is 5.97 Å². The standard InChI is InChI=1S/C15H17N5O4/c1-10(21)24-15(8-13-16-18-19(2)17-13)9-14(22)20(15)11-4-6-12(23-3)7-5-11/h4-7H,8-9H2,1-3H3/t15-/m1/s1. The average molecular weight is 331 g/mol. The van der Waals surface area contributed by atoms with Crippen molar-refractivity contribution in [2.75, 3.05) is 12.0 Å². The summed E-state index contributed by atoms with van der Waals surface area (Å²) in [5.41, 5.74) is -0.530. The number of methoxy groups -OCH3 is 1. The van der Waals surface area contributed by atoms with E-state index in [9.17, 15) is 9.59 Å². The molecule has 0 unspecified atom stereocenters. The highest BCUT2D eigenvalue weighted by Crippen LogP contribution is 2.40. The molecule has 1 atom stereocenters. The third-order valence-corrected chi connectivity index (χ3v) is 3.73. The van der Waals surface area contributed by atoms with Crippen LogP contribution in [0.25, 0.3) is 0 Å². The SMILES string of the molecule is COc1ccc(N2C(=O)C[C@@]2(Cc2nnn(C)n2)OC(C)=O)cc1. The zero-order chi connectivity index (χ0) is 17.3. The van der Waals surface area contributed by atoms with Crippen LogP contribution in [0.4, 0.5) is 5.69 Å². The van der Waals surface area contributed by atoms with Crippen molar-refractivity contribution in [1.82, 2.24) is 20.2 Å². The highest BCUT2D eigenvalue weighted by Gasteiger charge is 2.55. The summed E-state index contributed by atoms with van der Waals surface area (Å²) < 4.78 is 10.6. The fourth-order valence-corrected chi connectivity index (χ4v) is 2.81. The Balaban J connectivity index is 1.94. The molecule has 0 aliphatic carbocycles. The summed E-state index contributed by atoms with van der Waals surface area (Å²) in [6.45, 7) is 1.31. The number of carbonyl (C=O) groups excluding carboxylic acids is 2. The largest absolute Gasteiger partial charge is 0.497 e. The molecule has 1 aromatic carbocycles. The van der Waals surface area contributed by atoms with E-state index in [1.165, 1.54) is 16.6 Å². The minimum absolute atomic E-state index is 0.0663. The molecule has 1 amide bonds. The second-order valence-electron chi connectivity index (χ2n) is 5.52. The first kappa shape index (κ1) is 15.9. The monoisotopic (exact) mass is 331 g/mol. The average Bonchev–Trinajstić information content (AvgIpc) is 2.91. The van der Waals surface area contributed by atoms with Crippen LogP contribution < -0.4 is 9.64 Å². The summed E-state index contributed by atoms with van der Waals surface area (Å²) in [4.78, 5) is 26.6. The molecule has 0 bridgehead atoms. The number of β-lactam (4-membered cyclic amide) rings is 1. The number of nitrogens with zero attached hydrogens (tertiary/aromatic N) is 5. The zero-order valence-electron chi connectivity index (χ0n) is 13.6. The van der Waals surface area contributed by atoms with E-state index < -0.39 is 11.7 Å². The first-order valence-corrected chi connectivity index (χ1v) is 7.33. The van der Waals surface area contributed by atoms with Gasteiger partial charge in [0.15, 0.2) is 5.82 Å². The van der Waals surface area contributed by atoms with Crippen LogP contribution in [0.2, 0.25) is 0 Å². The number of aromatic nitrogens is 4. The Hall–Kier alpha value is -2.97. The molecule has 1 aromatic heterocycles. The molecule has 1 aliphatic heterocycles. The second kappa shape index (κ2) is 5.91. The lowest BCUT2D eigenvalue weighted by Gasteiger charge is -2.49. The molecule has 0 N–H and O–H groups in total. The molecule has 0 saturated carbocycles. The van der Waals surface area contributed by atoms with E-state index >= 15 is 0 Å². The van der Waals surface area contributed by atoms with Gasteiger partial charge in [-0.1, -0.05) is 0 Å². The maximum atomic E-state index is 12.2. The summed E-state index contributed by atoms with van der Waals surface area (Å²) in [5.74, 6) is 0.431. The van der Waals surface area contributed by atoms with Crippen LogP contribution in [-0.4, -0.2) is 44.9 Å². The highest BCUT2D eigenvalue weighted by molar-refractivity contribution is 6.02. The zero-order valence-corrected chi connectivity index (χ0v) is 13.6. The molecule has 2 heterocycles. The van der Waals surface area contributed by atoms with Crippen molar-refractivity contribution in [3.05, 3.63) is 30.1 Å². The van der Waals surface area contributed by atoms with Crippen LogP contribution >= 0.6 is 0 Å². The molecule has 1 aliphatic rings. The lowest BCUT2D eigenvalue weighted by atomic mass is 9.91. The third kappa shape index (κ3) is 2.80. The Morgan fingerprint density at radius 1 is 1.33 bits per heavy atom. The molecule has 1 saturated heterocycles. The Bertz CT molecular complexity index is 772. The second-order valence-corrected chi connectivity index (χ2v) is 5.52. The lowest BCUT2D eigenvalue weighted by molar-refractivity contribution is -0.170. The Kier molecular flexibility index (Phi) is 3.92. The van der Waals surface area contributed by atoms with Crippen molar-refractivity contribution in [2.24, 2.45) is 7.05 Å². The number of tetrazole rings is 1. The molecular weight excluding hydrogens is 314 g/mol. The van der Waals surface area contributed by atoms with E-state index in [1.807, 2.05) is 0 Å². The quantitative estimate of drug-likeness (QED) is 0.579. The fourth-order valence-electron chi connectivity index (χ4n) is 2.81. The molecule has 0 radical (unpaired) electrons. The van der Waals surface area contributed by atoms with Gasteiger partial charge in [0.05, 0.1) is 27.0 Å². The van der Waals surface area contributed by atoms with Gasteiger partial charge in [-0.05, 0) is 29.5 Å². The molecule has 9 nitrogen and oxygen atoms in total. The fraction of sp³-hybridized carbons (Fsp3) is 0.400. The maximum absolute atomic E-state index is 12.2. The van der Waals surface area contributed by atoms with E-state index in [1.54, 1.807) is 38.4 Å². The maximum Gasteiger partial charge on any atom is 0.304 e. The Morgan fingerprint density at radius 2 is 2.04 bits per heavy atom. The molecule has 24 heavy (non-hydrogen) atoms. The number of carbonyl (C=O) groups is 2. The predicted molar refractivity (Wildman–Crippen MR) is 82.1 cm³/mol. The molecular formula is C15H17N5O4. The smallest absolute Gasteiger partial charge is 0.304 e. The van der Waals surface area contributed by atoms with Crippen LogP contribution in [0.15, 0.2) is 24.3 Å². The molecule has 3 rings (SSSR count). The number of ether oxygens (including phenoxy) is 2. The number of hydrogen-bond acceptors (Lipinski definition) is 7. The van der Waals surface area contributed by atoms with Gasteiger partial charge in [-0.25, -0.2) is 0 Å². The number of hydrogen-bond donors (Lipinski definition) is 0. The number of benzene rings is 1. The topological polar surface area (TPSA) is 99.4 Å². The van der Waals surface area contributed by atoms with E-state index in [0.717, 1.165) is 0 Å². The molecule has 126 valence electrons. The number of aryl methyl sites for hydroxylation is 1. The molecule has 1 fully saturated rings. The van der Waals surface area contributed by atoms with Crippen molar-refractivity contribution in [3.63, 3.8) is 0 Å². The van der Waals surface area contributed by atoms with Crippen molar-refractivity contribution in [3.8, 4) is 5.75 Å². The lowest BCUT2D eigenvalue weighted by Crippen LogP contribution is -2.67. The number of rotatable bonds is 5. The first-order valence-electron chi connectivity index (χ1n) is 7.33. The summed E-state index contributed by atoms with van der Waals surface area (Å²) in [5, 5.41) is 11.8. The Morgan fingerprint density at radius 3 is 2.54 bits per heavy atom. The van der Waals surface area contributed by atoms with Crippen LogP contribution in [0.1, 0.15) is 19.2 Å². The highest BCUT2D eigenvalue weighted by atomic mass is 16.6. The minimum Gasteiger partial charge on any atom is -0.497 e. The van der Waals surface area contributed by atoms with E-state index in [-0.39, 0.29) is 18.7 Å². The van der Waals surface area contributed by atoms with E-state index in [0.29, 0.717) is 17.3 Å². The van der Waals surface area contributed by atoms with Gasteiger partial charge in [-0.3, -0.25) is 14.5 Å². The third-order valence-electron chi connectivity index (χ3n) is 3.73. The van der Waals surface area contributed by atoms with Crippen molar-refractivity contribution < 1.29 is 19.1 Å². The minimum atomic E-state index is -1.14. The van der Waals surface area contributed by atoms with Gasteiger partial charge in [0.1, 0.15) is 5.75 Å². The number of esters is 1. The summed E-state index contributed by atoms with van der Waals surface area (Å²) in [7, 11) is 3.20. The van der Waals surface area contributed by atoms with Crippen molar-refractivity contribution in [1.29, 1.82) is 0 Å². The first-order chi connectivity index (χ1) is 11.4. The van der Waals surface area contributed by atoms with E-state index in [2.05, 4.69) is 15.4 Å². The van der Waals surface area contributed by atoms with E-state index in [4.69, 9.17) is 9.47 Å². The van der Waals surface area contributed by atoms with Crippen LogP contribution in [0.3, 0.4) is 0 Å². The van der Waals surface area contributed by atoms with Crippen LogP contribution in [-0.2, 0) is 27.8 Å². The van der Waals surface area contributed by atoms with Crippen molar-refractivity contribution >= 4 is 17.6 Å². The predicted octanol–water partition coefficient (Wildman–Crippen LogP) is 0.457. The van der Waals surface area contributed by atoms with Gasteiger partial charge in [0.2, 0.25) is 11.6 Å².